The molecule has 0 bridgehead atoms. The van der Waals surface area contributed by atoms with Crippen LogP contribution in [0.1, 0.15) is 33.6 Å². The van der Waals surface area contributed by atoms with Crippen molar-refractivity contribution in [1.29, 1.82) is 0 Å². The van der Waals surface area contributed by atoms with E-state index in [2.05, 4.69) is 13.8 Å². The molecule has 0 aromatic heterocycles. The first-order valence-electron chi connectivity index (χ1n) is 5.96. The van der Waals surface area contributed by atoms with Gasteiger partial charge in [0.05, 0.1) is 0 Å². The fraction of sp³-hybridized carbons (Fsp3) is 0.917. The zero-order valence-electron chi connectivity index (χ0n) is 10.1. The van der Waals surface area contributed by atoms with Crippen molar-refractivity contribution in [3.63, 3.8) is 0 Å². The van der Waals surface area contributed by atoms with Gasteiger partial charge in [0.25, 0.3) is 0 Å². The van der Waals surface area contributed by atoms with E-state index in [1.54, 1.807) is 0 Å². The predicted molar refractivity (Wildman–Crippen MR) is 60.4 cm³/mol. The fourth-order valence-electron chi connectivity index (χ4n) is 1.91. The second-order valence-corrected chi connectivity index (χ2v) is 4.98. The SMILES string of the molecule is CC(C)C(C)C(=O)N1CCC(CO)CC1. The Morgan fingerprint density at radius 3 is 2.27 bits per heavy atom. The average Bonchev–Trinajstić information content (AvgIpc) is 2.27. The standard InChI is InChI=1S/C12H23NO2/c1-9(2)10(3)12(15)13-6-4-11(8-14)5-7-13/h9-11,14H,4-8H2,1-3H3. The van der Waals surface area contributed by atoms with Crippen LogP contribution in [0.15, 0.2) is 0 Å². The zero-order chi connectivity index (χ0) is 11.4. The lowest BCUT2D eigenvalue weighted by molar-refractivity contribution is -0.137. The maximum absolute atomic E-state index is 12.0. The minimum atomic E-state index is 0.121. The van der Waals surface area contributed by atoms with Crippen LogP contribution in [0.2, 0.25) is 0 Å². The number of piperidine rings is 1. The number of hydrogen-bond donors (Lipinski definition) is 1. The summed E-state index contributed by atoms with van der Waals surface area (Å²) in [5.41, 5.74) is 0. The number of carbonyl (C=O) groups is 1. The Kier molecular flexibility index (Phi) is 4.58. The third-order valence-corrected chi connectivity index (χ3v) is 3.57. The quantitative estimate of drug-likeness (QED) is 0.772. The van der Waals surface area contributed by atoms with E-state index < -0.39 is 0 Å². The molecule has 1 aliphatic rings. The van der Waals surface area contributed by atoms with E-state index in [9.17, 15) is 4.79 Å². The van der Waals surface area contributed by atoms with Crippen LogP contribution in [-0.2, 0) is 4.79 Å². The van der Waals surface area contributed by atoms with Gasteiger partial charge in [-0.3, -0.25) is 4.79 Å². The maximum Gasteiger partial charge on any atom is 0.225 e. The Morgan fingerprint density at radius 1 is 1.33 bits per heavy atom. The summed E-state index contributed by atoms with van der Waals surface area (Å²) >= 11 is 0. The summed E-state index contributed by atoms with van der Waals surface area (Å²) in [6.07, 6.45) is 1.90. The Morgan fingerprint density at radius 2 is 1.87 bits per heavy atom. The molecular weight excluding hydrogens is 190 g/mol. The van der Waals surface area contributed by atoms with Crippen molar-refractivity contribution in [2.24, 2.45) is 17.8 Å². The summed E-state index contributed by atoms with van der Waals surface area (Å²) in [6.45, 7) is 8.08. The average molecular weight is 213 g/mol. The molecule has 1 rings (SSSR count). The van der Waals surface area contributed by atoms with Crippen molar-refractivity contribution >= 4 is 5.91 Å². The van der Waals surface area contributed by atoms with Crippen molar-refractivity contribution in [2.75, 3.05) is 19.7 Å². The van der Waals surface area contributed by atoms with E-state index in [0.29, 0.717) is 11.8 Å². The van der Waals surface area contributed by atoms with E-state index >= 15 is 0 Å². The highest BCUT2D eigenvalue weighted by Crippen LogP contribution is 2.20. The maximum atomic E-state index is 12.0. The lowest BCUT2D eigenvalue weighted by Crippen LogP contribution is -2.42. The van der Waals surface area contributed by atoms with Crippen molar-refractivity contribution in [3.8, 4) is 0 Å². The molecule has 0 spiro atoms. The Balaban J connectivity index is 2.42. The molecule has 15 heavy (non-hydrogen) atoms. The summed E-state index contributed by atoms with van der Waals surface area (Å²) in [7, 11) is 0. The van der Waals surface area contributed by atoms with Crippen molar-refractivity contribution < 1.29 is 9.90 Å². The molecule has 0 aromatic rings. The molecule has 1 amide bonds. The van der Waals surface area contributed by atoms with E-state index in [1.807, 2.05) is 11.8 Å². The summed E-state index contributed by atoms with van der Waals surface area (Å²) in [5.74, 6) is 1.22. The highest BCUT2D eigenvalue weighted by atomic mass is 16.3. The van der Waals surface area contributed by atoms with Gasteiger partial charge in [0.15, 0.2) is 0 Å². The lowest BCUT2D eigenvalue weighted by atomic mass is 9.93. The van der Waals surface area contributed by atoms with Crippen LogP contribution >= 0.6 is 0 Å². The van der Waals surface area contributed by atoms with Gasteiger partial charge in [-0.2, -0.15) is 0 Å². The Hall–Kier alpha value is -0.570. The molecule has 1 fully saturated rings. The number of hydrogen-bond acceptors (Lipinski definition) is 2. The first-order valence-corrected chi connectivity index (χ1v) is 5.96. The van der Waals surface area contributed by atoms with E-state index in [4.69, 9.17) is 5.11 Å². The third-order valence-electron chi connectivity index (χ3n) is 3.57. The monoisotopic (exact) mass is 213 g/mol. The zero-order valence-corrected chi connectivity index (χ0v) is 10.1. The third kappa shape index (κ3) is 3.20. The summed E-state index contributed by atoms with van der Waals surface area (Å²) in [6, 6.07) is 0. The van der Waals surface area contributed by atoms with Crippen LogP contribution < -0.4 is 0 Å². The molecular formula is C12H23NO2. The smallest absolute Gasteiger partial charge is 0.225 e. The summed E-state index contributed by atoms with van der Waals surface area (Å²) in [4.78, 5) is 14.0. The van der Waals surface area contributed by atoms with E-state index in [-0.39, 0.29) is 18.4 Å². The minimum Gasteiger partial charge on any atom is -0.396 e. The van der Waals surface area contributed by atoms with Gasteiger partial charge < -0.3 is 10.0 Å². The molecule has 0 radical (unpaired) electrons. The van der Waals surface area contributed by atoms with Gasteiger partial charge in [-0.15, -0.1) is 0 Å². The molecule has 3 heteroatoms. The van der Waals surface area contributed by atoms with Crippen LogP contribution in [0.4, 0.5) is 0 Å². The van der Waals surface area contributed by atoms with Gasteiger partial charge in [0.1, 0.15) is 0 Å². The predicted octanol–water partition coefficient (Wildman–Crippen LogP) is 1.51. The van der Waals surface area contributed by atoms with Crippen molar-refractivity contribution in [2.45, 2.75) is 33.6 Å². The number of amides is 1. The number of nitrogens with zero attached hydrogens (tertiary/aromatic N) is 1. The normalized spacial score (nSPS) is 20.7. The number of aliphatic hydroxyl groups is 1. The second-order valence-electron chi connectivity index (χ2n) is 4.98. The molecule has 0 aliphatic carbocycles. The van der Waals surface area contributed by atoms with Gasteiger partial charge in [-0.1, -0.05) is 20.8 Å². The largest absolute Gasteiger partial charge is 0.396 e. The van der Waals surface area contributed by atoms with Gasteiger partial charge in [0, 0.05) is 25.6 Å². The fourth-order valence-corrected chi connectivity index (χ4v) is 1.91. The molecule has 1 heterocycles. The molecule has 1 atom stereocenters. The van der Waals surface area contributed by atoms with Crippen molar-refractivity contribution in [1.82, 2.24) is 4.90 Å². The van der Waals surface area contributed by atoms with Gasteiger partial charge >= 0.3 is 0 Å². The molecule has 1 saturated heterocycles. The van der Waals surface area contributed by atoms with Gasteiger partial charge in [0.2, 0.25) is 5.91 Å². The molecule has 88 valence electrons. The van der Waals surface area contributed by atoms with E-state index in [1.165, 1.54) is 0 Å². The molecule has 0 aromatic carbocycles. The highest BCUT2D eigenvalue weighted by molar-refractivity contribution is 5.78. The van der Waals surface area contributed by atoms with E-state index in [0.717, 1.165) is 25.9 Å². The molecule has 3 nitrogen and oxygen atoms in total. The number of carbonyl (C=O) groups excluding carboxylic acids is 1. The second kappa shape index (κ2) is 5.50. The number of likely N-dealkylation sites (tertiary alicyclic amines) is 1. The van der Waals surface area contributed by atoms with Crippen molar-refractivity contribution in [3.05, 3.63) is 0 Å². The van der Waals surface area contributed by atoms with Gasteiger partial charge in [-0.05, 0) is 24.7 Å². The summed E-state index contributed by atoms with van der Waals surface area (Å²) < 4.78 is 0. The van der Waals surface area contributed by atoms with Crippen LogP contribution in [-0.4, -0.2) is 35.6 Å². The molecule has 1 N–H and O–H groups in total. The summed E-state index contributed by atoms with van der Waals surface area (Å²) in [5, 5.41) is 9.01. The van der Waals surface area contributed by atoms with Crippen LogP contribution in [0.3, 0.4) is 0 Å². The first-order chi connectivity index (χ1) is 7.06. The first kappa shape index (κ1) is 12.5. The van der Waals surface area contributed by atoms with Gasteiger partial charge in [-0.25, -0.2) is 0 Å². The molecule has 1 unspecified atom stereocenters. The van der Waals surface area contributed by atoms with Crippen LogP contribution in [0.5, 0.6) is 0 Å². The lowest BCUT2D eigenvalue weighted by Gasteiger charge is -2.33. The number of rotatable bonds is 3. The Labute approximate surface area is 92.5 Å². The highest BCUT2D eigenvalue weighted by Gasteiger charge is 2.26. The Bertz CT molecular complexity index is 208. The van der Waals surface area contributed by atoms with Crippen LogP contribution in [0.25, 0.3) is 0 Å². The minimum absolute atomic E-state index is 0.121. The topological polar surface area (TPSA) is 40.5 Å². The molecule has 1 aliphatic heterocycles. The van der Waals surface area contributed by atoms with Crippen LogP contribution in [0, 0.1) is 17.8 Å². The molecule has 0 saturated carbocycles. The number of aliphatic hydroxyl groups excluding tert-OH is 1.